The van der Waals surface area contributed by atoms with Crippen molar-refractivity contribution in [1.82, 2.24) is 5.32 Å². The van der Waals surface area contributed by atoms with Gasteiger partial charge in [0.1, 0.15) is 48.8 Å². The van der Waals surface area contributed by atoms with E-state index >= 15 is 0 Å². The first-order chi connectivity index (χ1) is 21.9. The van der Waals surface area contributed by atoms with Crippen LogP contribution in [-0.2, 0) is 33.2 Å². The van der Waals surface area contributed by atoms with Crippen LogP contribution in [0.15, 0.2) is 12.2 Å². The van der Waals surface area contributed by atoms with Gasteiger partial charge in [-0.25, -0.2) is 0 Å². The first-order valence-electron chi connectivity index (χ1n) is 15.5. The van der Waals surface area contributed by atoms with Crippen LogP contribution < -0.4 is 39.7 Å². The number of aliphatic hydroxyl groups excluding tert-OH is 5. The van der Waals surface area contributed by atoms with Gasteiger partial charge in [-0.2, -0.15) is 0 Å². The van der Waals surface area contributed by atoms with Crippen molar-refractivity contribution >= 4 is 5.91 Å². The summed E-state index contributed by atoms with van der Waals surface area (Å²) in [6.07, 6.45) is -11.1. The molecule has 0 unspecified atom stereocenters. The first kappa shape index (κ1) is 37.4. The summed E-state index contributed by atoms with van der Waals surface area (Å²) in [5.41, 5.74) is 35.7. The Kier molecular flexibility index (Phi) is 13.6. The summed E-state index contributed by atoms with van der Waals surface area (Å²) in [5, 5.41) is 54.8. The third-order valence-electron chi connectivity index (χ3n) is 8.70. The molecule has 0 aromatic rings. The summed E-state index contributed by atoms with van der Waals surface area (Å²) >= 11 is 0. The maximum absolute atomic E-state index is 12.6. The van der Waals surface area contributed by atoms with Crippen molar-refractivity contribution in [3.63, 3.8) is 0 Å². The zero-order valence-electron chi connectivity index (χ0n) is 25.5. The number of ether oxygens (including phenoxy) is 6. The molecule has 19 nitrogen and oxygen atoms in total. The van der Waals surface area contributed by atoms with Crippen LogP contribution in [0.1, 0.15) is 19.3 Å². The molecule has 4 rings (SSSR count). The molecule has 17 atom stereocenters. The Morgan fingerprint density at radius 1 is 0.848 bits per heavy atom. The third-order valence-corrected chi connectivity index (χ3v) is 8.70. The fourth-order valence-corrected chi connectivity index (χ4v) is 6.07. The maximum Gasteiger partial charge on any atom is 0.249 e. The number of rotatable bonds is 13. The first-order valence-corrected chi connectivity index (χ1v) is 15.5. The van der Waals surface area contributed by atoms with Gasteiger partial charge in [0.2, 0.25) is 5.91 Å². The molecule has 0 spiro atoms. The molecule has 0 bridgehead atoms. The van der Waals surface area contributed by atoms with E-state index in [9.17, 15) is 30.3 Å². The SMILES string of the molecule is NCC[C@H](O)C(=O)N[C@@H]1C[C@H](N)[C@@H](O[C@H]2O[C@H](CN)C=C[C@H]2N)[C@H](O[C@@H]2O[C@H](CO)[C@@H](O[C@H]3O[C@@H](CN)[C@@H](O)[C@H](O)[C@H]3N)[C@H]2O)C1. The van der Waals surface area contributed by atoms with Crippen molar-refractivity contribution in [3.05, 3.63) is 12.2 Å². The minimum atomic E-state index is -1.52. The average Bonchev–Trinajstić information content (AvgIpc) is 3.33. The third kappa shape index (κ3) is 8.57. The largest absolute Gasteiger partial charge is 0.394 e. The van der Waals surface area contributed by atoms with Crippen molar-refractivity contribution < 1.29 is 58.7 Å². The van der Waals surface area contributed by atoms with Gasteiger partial charge in [0.05, 0.1) is 30.9 Å². The van der Waals surface area contributed by atoms with E-state index in [-0.39, 0.29) is 38.9 Å². The molecule has 3 aliphatic heterocycles. The second kappa shape index (κ2) is 16.8. The van der Waals surface area contributed by atoms with Crippen molar-refractivity contribution in [1.29, 1.82) is 0 Å². The van der Waals surface area contributed by atoms with Crippen LogP contribution in [0.3, 0.4) is 0 Å². The van der Waals surface area contributed by atoms with Crippen molar-refractivity contribution in [2.45, 2.75) is 123 Å². The molecular weight excluding hydrogens is 614 g/mol. The van der Waals surface area contributed by atoms with Crippen LogP contribution in [0, 0.1) is 0 Å². The molecular formula is C27H51N7O12. The van der Waals surface area contributed by atoms with Gasteiger partial charge in [-0.15, -0.1) is 0 Å². The highest BCUT2D eigenvalue weighted by Crippen LogP contribution is 2.34. The van der Waals surface area contributed by atoms with Crippen molar-refractivity contribution in [2.24, 2.45) is 34.4 Å². The van der Waals surface area contributed by atoms with E-state index in [0.29, 0.717) is 0 Å². The minimum absolute atomic E-state index is 0.0609. The van der Waals surface area contributed by atoms with E-state index in [4.69, 9.17) is 62.8 Å². The van der Waals surface area contributed by atoms with Crippen LogP contribution in [-0.4, -0.2) is 162 Å². The molecule has 0 radical (unpaired) electrons. The van der Waals surface area contributed by atoms with E-state index < -0.39 is 117 Å². The topological polar surface area (TPSA) is 342 Å². The molecule has 46 heavy (non-hydrogen) atoms. The van der Waals surface area contributed by atoms with Gasteiger partial charge in [-0.05, 0) is 25.8 Å². The number of carbonyl (C=O) groups excluding carboxylic acids is 1. The Bertz CT molecular complexity index is 1000. The number of nitrogens with one attached hydrogen (secondary N) is 1. The lowest BCUT2D eigenvalue weighted by Gasteiger charge is -2.44. The van der Waals surface area contributed by atoms with Gasteiger partial charge >= 0.3 is 0 Å². The van der Waals surface area contributed by atoms with Gasteiger partial charge in [0, 0.05) is 25.2 Å². The second-order valence-corrected chi connectivity index (χ2v) is 12.1. The van der Waals surface area contributed by atoms with Crippen LogP contribution in [0.4, 0.5) is 0 Å². The lowest BCUT2D eigenvalue weighted by atomic mass is 9.86. The van der Waals surface area contributed by atoms with Gasteiger partial charge < -0.3 is 93.7 Å². The number of nitrogens with two attached hydrogens (primary N) is 6. The monoisotopic (exact) mass is 665 g/mol. The summed E-state index contributed by atoms with van der Waals surface area (Å²) in [7, 11) is 0. The van der Waals surface area contributed by atoms with Crippen molar-refractivity contribution in [3.8, 4) is 0 Å². The Labute approximate surface area is 266 Å². The number of carbonyl (C=O) groups is 1. The predicted molar refractivity (Wildman–Crippen MR) is 158 cm³/mol. The molecule has 19 heteroatoms. The average molecular weight is 666 g/mol. The second-order valence-electron chi connectivity index (χ2n) is 12.1. The van der Waals surface area contributed by atoms with Gasteiger partial charge in [-0.1, -0.05) is 12.2 Å². The fraction of sp³-hybridized carbons (Fsp3) is 0.889. The lowest BCUT2D eigenvalue weighted by molar-refractivity contribution is -0.280. The lowest BCUT2D eigenvalue weighted by Crippen LogP contribution is -2.64. The summed E-state index contributed by atoms with van der Waals surface area (Å²) in [4.78, 5) is 12.6. The van der Waals surface area contributed by atoms with Gasteiger partial charge in [0.25, 0.3) is 0 Å². The van der Waals surface area contributed by atoms with Crippen LogP contribution in [0.5, 0.6) is 0 Å². The Hall–Kier alpha value is -1.47. The Morgan fingerprint density at radius 2 is 1.54 bits per heavy atom. The number of amides is 1. The minimum Gasteiger partial charge on any atom is -0.394 e. The van der Waals surface area contributed by atoms with E-state index in [1.54, 1.807) is 12.2 Å². The highest BCUT2D eigenvalue weighted by Gasteiger charge is 2.52. The molecule has 2 saturated heterocycles. The van der Waals surface area contributed by atoms with Gasteiger partial charge in [-0.3, -0.25) is 4.79 Å². The summed E-state index contributed by atoms with van der Waals surface area (Å²) in [6, 6.07) is -3.20. The smallest absolute Gasteiger partial charge is 0.249 e. The summed E-state index contributed by atoms with van der Waals surface area (Å²) in [6.45, 7) is -0.463. The normalized spacial score (nSPS) is 45.5. The Morgan fingerprint density at radius 3 is 2.20 bits per heavy atom. The van der Waals surface area contributed by atoms with Crippen LogP contribution in [0.2, 0.25) is 0 Å². The number of hydrogen-bond donors (Lipinski definition) is 12. The van der Waals surface area contributed by atoms with Gasteiger partial charge in [0.15, 0.2) is 18.9 Å². The summed E-state index contributed by atoms with van der Waals surface area (Å²) < 4.78 is 35.7. The highest BCUT2D eigenvalue weighted by molar-refractivity contribution is 5.80. The molecule has 1 saturated carbocycles. The van der Waals surface area contributed by atoms with E-state index in [1.807, 2.05) is 0 Å². The Balaban J connectivity index is 1.51. The molecule has 266 valence electrons. The molecule has 0 aromatic heterocycles. The standard InChI is InChI=1S/C27H51N7O12/c28-4-3-14(36)24(40)34-10-5-13(32)22(45-25-12(31)2-1-11(7-29)41-25)15(6-10)42-27-21(39)23(17(9-35)44-27)46-26-18(33)20(38)19(37)16(8-30)43-26/h1-2,10-23,25-27,35-39H,3-9,28-33H2,(H,34,40)/t10-,11+,12-,13+,14+,15-,16+,17-,18-,19-,20-,21-,22-,23-,25-,26-,27-/m1/s1. The quantitative estimate of drug-likeness (QED) is 0.0813. The van der Waals surface area contributed by atoms with E-state index in [2.05, 4.69) is 5.32 Å². The fourth-order valence-electron chi connectivity index (χ4n) is 6.07. The van der Waals surface area contributed by atoms with E-state index in [1.165, 1.54) is 0 Å². The molecule has 18 N–H and O–H groups in total. The maximum atomic E-state index is 12.6. The van der Waals surface area contributed by atoms with Crippen molar-refractivity contribution in [2.75, 3.05) is 26.2 Å². The molecule has 3 fully saturated rings. The zero-order chi connectivity index (χ0) is 33.7. The molecule has 1 amide bonds. The number of hydrogen-bond acceptors (Lipinski definition) is 18. The van der Waals surface area contributed by atoms with E-state index in [0.717, 1.165) is 0 Å². The zero-order valence-corrected chi connectivity index (χ0v) is 25.5. The molecule has 4 aliphatic rings. The molecule has 1 aliphatic carbocycles. The molecule has 0 aromatic carbocycles. The van der Waals surface area contributed by atoms with Crippen LogP contribution >= 0.6 is 0 Å². The highest BCUT2D eigenvalue weighted by atomic mass is 16.8. The summed E-state index contributed by atoms with van der Waals surface area (Å²) in [5.74, 6) is -0.632. The predicted octanol–water partition coefficient (Wildman–Crippen LogP) is -7.16. The number of aliphatic hydroxyl groups is 5. The molecule has 3 heterocycles. The van der Waals surface area contributed by atoms with Crippen LogP contribution in [0.25, 0.3) is 0 Å².